The molecule has 0 saturated heterocycles. The van der Waals surface area contributed by atoms with E-state index in [0.29, 0.717) is 12.2 Å². The predicted molar refractivity (Wildman–Crippen MR) is 121 cm³/mol. The minimum absolute atomic E-state index is 0.0441. The molecular formula is C22H21ClN4O6. The zero-order valence-electron chi connectivity index (χ0n) is 18.1. The summed E-state index contributed by atoms with van der Waals surface area (Å²) in [5.41, 5.74) is 0.915. The average molecular weight is 473 g/mol. The van der Waals surface area contributed by atoms with Crippen molar-refractivity contribution in [2.24, 2.45) is 0 Å². The van der Waals surface area contributed by atoms with Crippen LogP contribution in [0.5, 0.6) is 5.75 Å². The number of carbonyl (C=O) groups excluding carboxylic acids is 2. The van der Waals surface area contributed by atoms with Crippen molar-refractivity contribution in [2.75, 3.05) is 12.4 Å². The molecule has 2 aromatic carbocycles. The number of carbonyl (C=O) groups is 2. The third-order valence-corrected chi connectivity index (χ3v) is 5.14. The maximum Gasteiger partial charge on any atom is 0.343 e. The van der Waals surface area contributed by atoms with Gasteiger partial charge in [-0.15, -0.1) is 0 Å². The number of anilines is 1. The third kappa shape index (κ3) is 5.47. The van der Waals surface area contributed by atoms with Gasteiger partial charge in [-0.25, -0.2) is 9.48 Å². The van der Waals surface area contributed by atoms with Crippen LogP contribution in [0, 0.1) is 17.0 Å². The maximum atomic E-state index is 12.7. The molecule has 0 aliphatic carbocycles. The Hall–Kier alpha value is -3.92. The Balaban J connectivity index is 1.72. The van der Waals surface area contributed by atoms with Crippen LogP contribution in [0.3, 0.4) is 0 Å². The van der Waals surface area contributed by atoms with Gasteiger partial charge in [-0.1, -0.05) is 41.9 Å². The van der Waals surface area contributed by atoms with Gasteiger partial charge < -0.3 is 14.8 Å². The van der Waals surface area contributed by atoms with Crippen LogP contribution in [0.25, 0.3) is 0 Å². The standard InChI is InChI=1S/C22H21ClN4O6/c1-13-19(20(23)26(25-13)12-15-7-5-4-6-8-15)22(29)33-14(2)21(28)24-17-10-9-16(32-3)11-18(17)27(30)31/h4-11,14H,12H2,1-3H3,(H,24,28). The molecule has 10 nitrogen and oxygen atoms in total. The number of rotatable bonds is 8. The fourth-order valence-corrected chi connectivity index (χ4v) is 3.36. The predicted octanol–water partition coefficient (Wildman–Crippen LogP) is 3.99. The molecular weight excluding hydrogens is 452 g/mol. The molecule has 0 radical (unpaired) electrons. The van der Waals surface area contributed by atoms with Gasteiger partial charge >= 0.3 is 5.97 Å². The van der Waals surface area contributed by atoms with E-state index in [1.807, 2.05) is 30.3 Å². The highest BCUT2D eigenvalue weighted by Gasteiger charge is 2.27. The molecule has 3 aromatic rings. The summed E-state index contributed by atoms with van der Waals surface area (Å²) in [6.07, 6.45) is -1.26. The number of hydrogen-bond acceptors (Lipinski definition) is 7. The number of hydrogen-bond donors (Lipinski definition) is 1. The molecule has 1 atom stereocenters. The second-order valence-corrected chi connectivity index (χ2v) is 7.43. The Morgan fingerprint density at radius 3 is 2.58 bits per heavy atom. The Labute approximate surface area is 194 Å². The van der Waals surface area contributed by atoms with Crippen molar-refractivity contribution >= 4 is 34.9 Å². The molecule has 3 rings (SSSR count). The number of methoxy groups -OCH3 is 1. The van der Waals surface area contributed by atoms with Crippen LogP contribution in [-0.4, -0.2) is 39.8 Å². The zero-order valence-corrected chi connectivity index (χ0v) is 18.8. The second kappa shape index (κ2) is 10.1. The van der Waals surface area contributed by atoms with E-state index in [0.717, 1.165) is 5.56 Å². The number of nitro benzene ring substituents is 1. The monoisotopic (exact) mass is 472 g/mol. The highest BCUT2D eigenvalue weighted by Crippen LogP contribution is 2.29. The lowest BCUT2D eigenvalue weighted by Gasteiger charge is -2.14. The van der Waals surface area contributed by atoms with Crippen LogP contribution in [0.1, 0.15) is 28.5 Å². The van der Waals surface area contributed by atoms with Gasteiger partial charge in [0.15, 0.2) is 6.10 Å². The number of amides is 1. The van der Waals surface area contributed by atoms with Crippen molar-refractivity contribution in [1.29, 1.82) is 0 Å². The largest absolute Gasteiger partial charge is 0.496 e. The number of halogens is 1. The highest BCUT2D eigenvalue weighted by atomic mass is 35.5. The summed E-state index contributed by atoms with van der Waals surface area (Å²) in [5, 5.41) is 18.1. The van der Waals surface area contributed by atoms with Crippen molar-refractivity contribution in [3.63, 3.8) is 0 Å². The minimum Gasteiger partial charge on any atom is -0.496 e. The van der Waals surface area contributed by atoms with E-state index < -0.39 is 22.9 Å². The van der Waals surface area contributed by atoms with Crippen molar-refractivity contribution < 1.29 is 24.0 Å². The minimum atomic E-state index is -1.26. The fourth-order valence-electron chi connectivity index (χ4n) is 3.05. The number of aromatic nitrogens is 2. The first-order valence-electron chi connectivity index (χ1n) is 9.82. The molecule has 1 aromatic heterocycles. The Bertz CT molecular complexity index is 1200. The molecule has 172 valence electrons. The van der Waals surface area contributed by atoms with Gasteiger partial charge in [-0.2, -0.15) is 5.10 Å². The topological polar surface area (TPSA) is 126 Å². The van der Waals surface area contributed by atoms with Crippen LogP contribution >= 0.6 is 11.6 Å². The number of esters is 1. The number of aryl methyl sites for hydroxylation is 1. The average Bonchev–Trinajstić information content (AvgIpc) is 3.07. The lowest BCUT2D eigenvalue weighted by Crippen LogP contribution is -2.30. The van der Waals surface area contributed by atoms with Crippen LogP contribution in [0.4, 0.5) is 11.4 Å². The smallest absolute Gasteiger partial charge is 0.343 e. The maximum absolute atomic E-state index is 12.7. The number of nitrogens with one attached hydrogen (secondary N) is 1. The highest BCUT2D eigenvalue weighted by molar-refractivity contribution is 6.32. The van der Waals surface area contributed by atoms with Gasteiger partial charge in [0.1, 0.15) is 22.2 Å². The molecule has 1 amide bonds. The number of ether oxygens (including phenoxy) is 2. The normalized spacial score (nSPS) is 11.5. The SMILES string of the molecule is COc1ccc(NC(=O)C(C)OC(=O)c2c(C)nn(Cc3ccccc3)c2Cl)c([N+](=O)[O-])c1. The number of nitrogens with zero attached hydrogens (tertiary/aromatic N) is 3. The Kier molecular flexibility index (Phi) is 7.29. The summed E-state index contributed by atoms with van der Waals surface area (Å²) in [5.74, 6) is -1.32. The molecule has 0 aliphatic heterocycles. The summed E-state index contributed by atoms with van der Waals surface area (Å²) < 4.78 is 11.7. The fraction of sp³-hybridized carbons (Fsp3) is 0.227. The van der Waals surface area contributed by atoms with Crippen molar-refractivity contribution in [2.45, 2.75) is 26.5 Å². The first-order chi connectivity index (χ1) is 15.7. The van der Waals surface area contributed by atoms with Gasteiger partial charge in [0.25, 0.3) is 11.6 Å². The van der Waals surface area contributed by atoms with Crippen molar-refractivity contribution in [3.8, 4) is 5.75 Å². The molecule has 1 unspecified atom stereocenters. The summed E-state index contributed by atoms with van der Waals surface area (Å²) in [6, 6.07) is 13.4. The van der Waals surface area contributed by atoms with Gasteiger partial charge in [0.2, 0.25) is 0 Å². The Morgan fingerprint density at radius 2 is 1.94 bits per heavy atom. The van der Waals surface area contributed by atoms with Crippen molar-refractivity contribution in [1.82, 2.24) is 9.78 Å². The molecule has 0 fully saturated rings. The van der Waals surface area contributed by atoms with E-state index in [1.165, 1.54) is 36.9 Å². The lowest BCUT2D eigenvalue weighted by atomic mass is 10.2. The van der Waals surface area contributed by atoms with Gasteiger partial charge in [0, 0.05) is 0 Å². The first-order valence-corrected chi connectivity index (χ1v) is 10.2. The van der Waals surface area contributed by atoms with E-state index in [2.05, 4.69) is 10.4 Å². The van der Waals surface area contributed by atoms with Gasteiger partial charge in [0.05, 0.1) is 30.3 Å². The Morgan fingerprint density at radius 1 is 1.24 bits per heavy atom. The molecule has 0 spiro atoms. The zero-order chi connectivity index (χ0) is 24.1. The molecule has 0 aliphatic rings. The van der Waals surface area contributed by atoms with Crippen LogP contribution in [0.2, 0.25) is 5.15 Å². The van der Waals surface area contributed by atoms with Gasteiger partial charge in [-0.05, 0) is 31.5 Å². The summed E-state index contributed by atoms with van der Waals surface area (Å²) in [6.45, 7) is 3.31. The van der Waals surface area contributed by atoms with Crippen LogP contribution in [0.15, 0.2) is 48.5 Å². The summed E-state index contributed by atoms with van der Waals surface area (Å²) >= 11 is 6.36. The quantitative estimate of drug-likeness (QED) is 0.298. The summed E-state index contributed by atoms with van der Waals surface area (Å²) in [7, 11) is 1.37. The second-order valence-electron chi connectivity index (χ2n) is 7.07. The molecule has 33 heavy (non-hydrogen) atoms. The number of benzene rings is 2. The van der Waals surface area contributed by atoms with E-state index >= 15 is 0 Å². The van der Waals surface area contributed by atoms with E-state index in [-0.39, 0.29) is 27.8 Å². The lowest BCUT2D eigenvalue weighted by molar-refractivity contribution is -0.384. The van der Waals surface area contributed by atoms with Crippen LogP contribution < -0.4 is 10.1 Å². The van der Waals surface area contributed by atoms with Gasteiger partial charge in [-0.3, -0.25) is 14.9 Å². The van der Waals surface area contributed by atoms with E-state index in [9.17, 15) is 19.7 Å². The molecule has 1 N–H and O–H groups in total. The molecule has 1 heterocycles. The number of nitro groups is 1. The first kappa shape index (κ1) is 23.7. The van der Waals surface area contributed by atoms with E-state index in [4.69, 9.17) is 21.1 Å². The van der Waals surface area contributed by atoms with Crippen LogP contribution in [-0.2, 0) is 16.1 Å². The van der Waals surface area contributed by atoms with E-state index in [1.54, 1.807) is 6.92 Å². The third-order valence-electron chi connectivity index (χ3n) is 4.76. The molecule has 11 heteroatoms. The van der Waals surface area contributed by atoms with Crippen molar-refractivity contribution in [3.05, 3.63) is 80.6 Å². The molecule has 0 saturated carbocycles. The summed E-state index contributed by atoms with van der Waals surface area (Å²) in [4.78, 5) is 35.9. The molecule has 0 bridgehead atoms.